The smallest absolute Gasteiger partial charge is 0.0430 e. The molecule has 3 heteroatoms. The van der Waals surface area contributed by atoms with E-state index in [0.29, 0.717) is 6.54 Å². The zero-order chi connectivity index (χ0) is 12.8. The highest BCUT2D eigenvalue weighted by molar-refractivity contribution is 5.47. The number of anilines is 1. The molecule has 0 amide bonds. The lowest BCUT2D eigenvalue weighted by Gasteiger charge is -2.24. The summed E-state index contributed by atoms with van der Waals surface area (Å²) >= 11 is 0. The van der Waals surface area contributed by atoms with E-state index in [2.05, 4.69) is 40.2 Å². The Labute approximate surface area is 108 Å². The van der Waals surface area contributed by atoms with E-state index in [4.69, 9.17) is 5.73 Å². The predicted molar refractivity (Wildman–Crippen MR) is 75.5 cm³/mol. The molecule has 18 heavy (non-hydrogen) atoms. The number of aryl methyl sites for hydroxylation is 1. The molecule has 0 aliphatic heterocycles. The lowest BCUT2D eigenvalue weighted by Crippen LogP contribution is -2.29. The van der Waals surface area contributed by atoms with Gasteiger partial charge in [-0.05, 0) is 24.6 Å². The molecule has 1 aromatic heterocycles. The first-order chi connectivity index (χ1) is 8.79. The monoisotopic (exact) mass is 241 g/mol. The van der Waals surface area contributed by atoms with Crippen molar-refractivity contribution in [2.24, 2.45) is 5.73 Å². The quantitative estimate of drug-likeness (QED) is 0.873. The molecule has 1 aromatic carbocycles. The van der Waals surface area contributed by atoms with Gasteiger partial charge in [-0.25, -0.2) is 0 Å². The third-order valence-corrected chi connectivity index (χ3v) is 2.86. The molecule has 2 aromatic rings. The molecule has 0 unspecified atom stereocenters. The molecule has 94 valence electrons. The minimum absolute atomic E-state index is 0.647. The minimum atomic E-state index is 0.647. The second-order valence-corrected chi connectivity index (χ2v) is 4.35. The first kappa shape index (κ1) is 12.6. The van der Waals surface area contributed by atoms with Gasteiger partial charge in [0, 0.05) is 37.2 Å². The highest BCUT2D eigenvalue weighted by Gasteiger charge is 2.06. The Morgan fingerprint density at radius 1 is 1.17 bits per heavy atom. The van der Waals surface area contributed by atoms with Gasteiger partial charge >= 0.3 is 0 Å². The molecular weight excluding hydrogens is 222 g/mol. The topological polar surface area (TPSA) is 42.1 Å². The van der Waals surface area contributed by atoms with Crippen LogP contribution in [-0.2, 0) is 6.54 Å². The maximum Gasteiger partial charge on any atom is 0.0430 e. The van der Waals surface area contributed by atoms with Gasteiger partial charge in [0.15, 0.2) is 0 Å². The van der Waals surface area contributed by atoms with E-state index in [0.717, 1.165) is 18.8 Å². The molecule has 1 heterocycles. The summed E-state index contributed by atoms with van der Waals surface area (Å²) in [5.74, 6) is 0. The first-order valence-electron chi connectivity index (χ1n) is 6.21. The first-order valence-corrected chi connectivity index (χ1v) is 6.21. The van der Waals surface area contributed by atoms with Gasteiger partial charge < -0.3 is 10.6 Å². The maximum atomic E-state index is 5.70. The fourth-order valence-electron chi connectivity index (χ4n) is 1.99. The molecule has 0 bridgehead atoms. The van der Waals surface area contributed by atoms with Gasteiger partial charge in [-0.2, -0.15) is 0 Å². The van der Waals surface area contributed by atoms with E-state index in [9.17, 15) is 0 Å². The molecule has 0 radical (unpaired) electrons. The Hall–Kier alpha value is -1.87. The summed E-state index contributed by atoms with van der Waals surface area (Å²) in [7, 11) is 0. The molecule has 0 saturated carbocycles. The van der Waals surface area contributed by atoms with Crippen LogP contribution in [0.3, 0.4) is 0 Å². The summed E-state index contributed by atoms with van der Waals surface area (Å²) in [5.41, 5.74) is 9.20. The van der Waals surface area contributed by atoms with Crippen molar-refractivity contribution < 1.29 is 0 Å². The minimum Gasteiger partial charge on any atom is -0.366 e. The summed E-state index contributed by atoms with van der Waals surface area (Å²) in [5, 5.41) is 0. The molecule has 0 aliphatic carbocycles. The lowest BCUT2D eigenvalue weighted by molar-refractivity contribution is 0.788. The van der Waals surface area contributed by atoms with E-state index >= 15 is 0 Å². The highest BCUT2D eigenvalue weighted by atomic mass is 15.1. The van der Waals surface area contributed by atoms with Crippen LogP contribution in [0.2, 0.25) is 0 Å². The summed E-state index contributed by atoms with van der Waals surface area (Å²) in [6.07, 6.45) is 1.85. The van der Waals surface area contributed by atoms with E-state index < -0.39 is 0 Å². The Kier molecular flexibility index (Phi) is 4.31. The van der Waals surface area contributed by atoms with Crippen LogP contribution in [0.4, 0.5) is 5.69 Å². The van der Waals surface area contributed by atoms with Crippen molar-refractivity contribution in [1.82, 2.24) is 4.98 Å². The Bertz CT molecular complexity index is 482. The maximum absolute atomic E-state index is 5.70. The Morgan fingerprint density at radius 3 is 2.61 bits per heavy atom. The van der Waals surface area contributed by atoms with E-state index in [1.165, 1.54) is 11.3 Å². The third kappa shape index (κ3) is 3.31. The van der Waals surface area contributed by atoms with Crippen LogP contribution in [0.5, 0.6) is 0 Å². The lowest BCUT2D eigenvalue weighted by atomic mass is 10.2. The molecule has 0 spiro atoms. The highest BCUT2D eigenvalue weighted by Crippen LogP contribution is 2.16. The molecule has 0 saturated heterocycles. The number of benzene rings is 1. The van der Waals surface area contributed by atoms with Crippen LogP contribution in [-0.4, -0.2) is 18.1 Å². The van der Waals surface area contributed by atoms with Gasteiger partial charge in [0.2, 0.25) is 0 Å². The molecule has 2 N–H and O–H groups in total. The van der Waals surface area contributed by atoms with Crippen molar-refractivity contribution in [2.75, 3.05) is 18.0 Å². The molecule has 0 fully saturated rings. The molecular formula is C15H19N3. The summed E-state index contributed by atoms with van der Waals surface area (Å²) < 4.78 is 0. The normalized spacial score (nSPS) is 10.3. The number of aromatic nitrogens is 1. The van der Waals surface area contributed by atoms with Gasteiger partial charge in [0.1, 0.15) is 0 Å². The van der Waals surface area contributed by atoms with Gasteiger partial charge in [-0.1, -0.05) is 30.3 Å². The average Bonchev–Trinajstić information content (AvgIpc) is 2.39. The van der Waals surface area contributed by atoms with E-state index in [1.807, 2.05) is 25.3 Å². The number of nitrogens with zero attached hydrogens (tertiary/aromatic N) is 2. The van der Waals surface area contributed by atoms with Gasteiger partial charge in [-0.3, -0.25) is 4.98 Å². The third-order valence-electron chi connectivity index (χ3n) is 2.86. The zero-order valence-corrected chi connectivity index (χ0v) is 10.7. The van der Waals surface area contributed by atoms with Crippen molar-refractivity contribution in [3.8, 4) is 0 Å². The van der Waals surface area contributed by atoms with Crippen LogP contribution in [0.15, 0.2) is 48.7 Å². The van der Waals surface area contributed by atoms with Crippen LogP contribution in [0.25, 0.3) is 0 Å². The number of pyridine rings is 1. The number of nitrogens with two attached hydrogens (primary N) is 1. The molecule has 0 atom stereocenters. The fourth-order valence-corrected chi connectivity index (χ4v) is 1.99. The van der Waals surface area contributed by atoms with Crippen molar-refractivity contribution in [3.05, 3.63) is 59.9 Å². The number of hydrogen-bond acceptors (Lipinski definition) is 3. The summed E-state index contributed by atoms with van der Waals surface area (Å²) in [6.45, 7) is 4.38. The fraction of sp³-hybridized carbons (Fsp3) is 0.267. The second-order valence-electron chi connectivity index (χ2n) is 4.35. The van der Waals surface area contributed by atoms with Crippen molar-refractivity contribution in [3.63, 3.8) is 0 Å². The van der Waals surface area contributed by atoms with Crippen molar-refractivity contribution in [1.29, 1.82) is 0 Å². The average molecular weight is 241 g/mol. The number of rotatable bonds is 5. The SMILES string of the molecule is Cc1cc(N(CCN)Cc2ccccc2)ccn1. The Morgan fingerprint density at radius 2 is 1.94 bits per heavy atom. The zero-order valence-electron chi connectivity index (χ0n) is 10.7. The predicted octanol–water partition coefficient (Wildman–Crippen LogP) is 2.36. The standard InChI is InChI=1S/C15H19N3/c1-13-11-15(7-9-17-13)18(10-8-16)12-14-5-3-2-4-6-14/h2-7,9,11H,8,10,12,16H2,1H3. The van der Waals surface area contributed by atoms with Crippen LogP contribution < -0.4 is 10.6 Å². The van der Waals surface area contributed by atoms with E-state index in [-0.39, 0.29) is 0 Å². The second kappa shape index (κ2) is 6.17. The van der Waals surface area contributed by atoms with Crippen LogP contribution in [0, 0.1) is 6.92 Å². The summed E-state index contributed by atoms with van der Waals surface area (Å²) in [6, 6.07) is 14.6. The van der Waals surface area contributed by atoms with Crippen molar-refractivity contribution in [2.45, 2.75) is 13.5 Å². The molecule has 0 aliphatic rings. The van der Waals surface area contributed by atoms with Crippen LogP contribution >= 0.6 is 0 Å². The van der Waals surface area contributed by atoms with Gasteiger partial charge in [-0.15, -0.1) is 0 Å². The Balaban J connectivity index is 2.18. The summed E-state index contributed by atoms with van der Waals surface area (Å²) in [4.78, 5) is 6.51. The van der Waals surface area contributed by atoms with Gasteiger partial charge in [0.05, 0.1) is 0 Å². The largest absolute Gasteiger partial charge is 0.366 e. The van der Waals surface area contributed by atoms with E-state index in [1.54, 1.807) is 0 Å². The molecule has 3 nitrogen and oxygen atoms in total. The van der Waals surface area contributed by atoms with Crippen molar-refractivity contribution >= 4 is 5.69 Å². The van der Waals surface area contributed by atoms with Crippen LogP contribution in [0.1, 0.15) is 11.3 Å². The molecule has 2 rings (SSSR count). The number of hydrogen-bond donors (Lipinski definition) is 1. The van der Waals surface area contributed by atoms with Gasteiger partial charge in [0.25, 0.3) is 0 Å².